The molecule has 12 nitrogen and oxygen atoms in total. The summed E-state index contributed by atoms with van der Waals surface area (Å²) in [7, 11) is 0. The van der Waals surface area contributed by atoms with Crippen LogP contribution in [0.2, 0.25) is 5.02 Å². The lowest BCUT2D eigenvalue weighted by Crippen LogP contribution is -2.59. The first-order valence-electron chi connectivity index (χ1n) is 18.4. The number of carboxylic acid groups (broad SMARTS) is 1. The number of carbonyl (C=O) groups is 6. The molecule has 0 spiro atoms. The third-order valence-electron chi connectivity index (χ3n) is 9.46. The van der Waals surface area contributed by atoms with Crippen LogP contribution >= 0.6 is 11.6 Å². The molecule has 2 heterocycles. The van der Waals surface area contributed by atoms with Gasteiger partial charge >= 0.3 is 12.1 Å². The van der Waals surface area contributed by atoms with E-state index in [9.17, 15) is 47.0 Å². The van der Waals surface area contributed by atoms with Crippen molar-refractivity contribution in [2.24, 2.45) is 0 Å². The number of fused-ring (bicyclic) bond motifs is 18. The third-order valence-corrected chi connectivity index (χ3v) is 9.83. The van der Waals surface area contributed by atoms with Crippen LogP contribution in [0.3, 0.4) is 0 Å². The van der Waals surface area contributed by atoms with E-state index in [1.807, 2.05) is 18.2 Å². The number of alkyl halides is 3. The lowest BCUT2D eigenvalue weighted by Gasteiger charge is -2.26. The van der Waals surface area contributed by atoms with Crippen LogP contribution in [0.5, 0.6) is 0 Å². The Morgan fingerprint density at radius 2 is 1.24 bits per heavy atom. The second-order valence-corrected chi connectivity index (χ2v) is 14.2. The number of nitrogens with one attached hydrogen (secondary N) is 5. The standard InChI is InChI=1S/C42H41ClF3N5O7/c43-31-9-5-4-8-28(31)24-34-40(56)51-35(41(57)58)23-27-12-17-30(18-13-27)47-36(52)20-21-37(53)48-32(19-14-25-6-2-1-3-7-25)38(54)49-33(39(55)50-34)22-26-10-15-29(16-11-26)42(44,45)46/h1-13,15-18,32-35H,14,19-24H2,(H,47,52)(H,48,53)(H,49,54)(H,50,55)(H,51,56)(H,57,58)/t32-,33+,34-,35+/m1/s1. The fourth-order valence-corrected chi connectivity index (χ4v) is 6.50. The number of rotatable bonds is 8. The molecule has 2 aliphatic heterocycles. The van der Waals surface area contributed by atoms with E-state index in [0.29, 0.717) is 23.2 Å². The Bertz CT molecular complexity index is 2100. The van der Waals surface area contributed by atoms with Gasteiger partial charge in [-0.2, -0.15) is 13.2 Å². The quantitative estimate of drug-likeness (QED) is 0.138. The minimum absolute atomic E-state index is 0.0584. The maximum atomic E-state index is 14.3. The molecule has 0 saturated heterocycles. The van der Waals surface area contributed by atoms with Gasteiger partial charge in [-0.1, -0.05) is 84.4 Å². The molecule has 0 radical (unpaired) electrons. The first-order valence-corrected chi connectivity index (χ1v) is 18.8. The van der Waals surface area contributed by atoms with Crippen LogP contribution in [0.25, 0.3) is 0 Å². The molecular formula is C42H41ClF3N5O7. The van der Waals surface area contributed by atoms with Gasteiger partial charge in [-0.3, -0.25) is 24.0 Å². The van der Waals surface area contributed by atoms with Crippen LogP contribution in [0.15, 0.2) is 103 Å². The van der Waals surface area contributed by atoms with E-state index >= 15 is 0 Å². The molecule has 0 saturated carbocycles. The Morgan fingerprint density at radius 3 is 1.88 bits per heavy atom. The fraction of sp³-hybridized carbons (Fsp3) is 0.286. The van der Waals surface area contributed by atoms with Gasteiger partial charge in [0.05, 0.1) is 5.56 Å². The van der Waals surface area contributed by atoms with Crippen molar-refractivity contribution in [1.29, 1.82) is 0 Å². The van der Waals surface area contributed by atoms with E-state index in [1.54, 1.807) is 48.5 Å². The molecule has 0 unspecified atom stereocenters. The summed E-state index contributed by atoms with van der Waals surface area (Å²) in [6.45, 7) is 0. The lowest BCUT2D eigenvalue weighted by atomic mass is 9.99. The molecule has 5 amide bonds. The van der Waals surface area contributed by atoms with Gasteiger partial charge in [-0.05, 0) is 65.4 Å². The largest absolute Gasteiger partial charge is 0.480 e. The van der Waals surface area contributed by atoms with Crippen LogP contribution in [0, 0.1) is 0 Å². The summed E-state index contributed by atoms with van der Waals surface area (Å²) in [4.78, 5) is 80.6. The maximum Gasteiger partial charge on any atom is 0.416 e. The van der Waals surface area contributed by atoms with Crippen molar-refractivity contribution in [3.8, 4) is 0 Å². The van der Waals surface area contributed by atoms with Crippen molar-refractivity contribution < 1.29 is 47.0 Å². The maximum absolute atomic E-state index is 14.3. The molecule has 4 atom stereocenters. The number of anilines is 1. The van der Waals surface area contributed by atoms with E-state index in [1.165, 1.54) is 12.1 Å². The molecule has 4 aromatic rings. The smallest absolute Gasteiger partial charge is 0.416 e. The minimum Gasteiger partial charge on any atom is -0.480 e. The predicted octanol–water partition coefficient (Wildman–Crippen LogP) is 4.78. The fourth-order valence-electron chi connectivity index (χ4n) is 6.29. The van der Waals surface area contributed by atoms with Crippen LogP contribution in [0.4, 0.5) is 18.9 Å². The monoisotopic (exact) mass is 819 g/mol. The Labute approximate surface area is 336 Å². The zero-order valence-electron chi connectivity index (χ0n) is 31.0. The average molecular weight is 820 g/mol. The molecule has 6 N–H and O–H groups in total. The van der Waals surface area contributed by atoms with Gasteiger partial charge in [0.15, 0.2) is 0 Å². The highest BCUT2D eigenvalue weighted by Gasteiger charge is 2.33. The van der Waals surface area contributed by atoms with Gasteiger partial charge in [-0.15, -0.1) is 0 Å². The Hall–Kier alpha value is -6.22. The SMILES string of the molecule is O=C1CCC(=O)N[C@H](CCc2ccccc2)C(=O)N[C@@H](Cc2ccc(C(F)(F)F)cc2)C(=O)N[C@H](Cc2ccccc2Cl)C(=O)N[C@H](C(=O)O)Cc2ccc(cc2)N1. The van der Waals surface area contributed by atoms with Crippen LogP contribution in [-0.2, 0) is 60.6 Å². The van der Waals surface area contributed by atoms with Crippen LogP contribution < -0.4 is 26.6 Å². The predicted molar refractivity (Wildman–Crippen MR) is 208 cm³/mol. The third kappa shape index (κ3) is 12.6. The zero-order chi connectivity index (χ0) is 41.8. The highest BCUT2D eigenvalue weighted by molar-refractivity contribution is 6.31. The van der Waals surface area contributed by atoms with Crippen molar-refractivity contribution in [2.75, 3.05) is 5.32 Å². The zero-order valence-corrected chi connectivity index (χ0v) is 31.7. The van der Waals surface area contributed by atoms with E-state index in [0.717, 1.165) is 29.8 Å². The van der Waals surface area contributed by atoms with Gasteiger partial charge in [0.1, 0.15) is 24.2 Å². The number of halogens is 4. The highest BCUT2D eigenvalue weighted by Crippen LogP contribution is 2.29. The van der Waals surface area contributed by atoms with Crippen molar-refractivity contribution >= 4 is 52.8 Å². The average Bonchev–Trinajstić information content (AvgIpc) is 3.19. The number of hydrogen-bond acceptors (Lipinski definition) is 6. The Kier molecular flexibility index (Phi) is 14.6. The molecule has 0 fully saturated rings. The van der Waals surface area contributed by atoms with Crippen molar-refractivity contribution in [3.63, 3.8) is 0 Å². The van der Waals surface area contributed by atoms with Crippen LogP contribution in [0.1, 0.15) is 47.1 Å². The topological polar surface area (TPSA) is 183 Å². The number of hydrogen-bond donors (Lipinski definition) is 6. The van der Waals surface area contributed by atoms with Crippen molar-refractivity contribution in [1.82, 2.24) is 21.3 Å². The number of aliphatic carboxylic acids is 1. The molecule has 0 aliphatic carbocycles. The summed E-state index contributed by atoms with van der Waals surface area (Å²) in [5.74, 6) is -5.17. The number of benzene rings is 4. The van der Waals surface area contributed by atoms with E-state index < -0.39 is 71.4 Å². The summed E-state index contributed by atoms with van der Waals surface area (Å²) in [5, 5.41) is 23.4. The van der Waals surface area contributed by atoms with E-state index in [2.05, 4.69) is 26.6 Å². The Balaban J connectivity index is 1.52. The van der Waals surface area contributed by atoms with Gasteiger partial charge in [0.2, 0.25) is 29.5 Å². The molecule has 4 aromatic carbocycles. The second-order valence-electron chi connectivity index (χ2n) is 13.8. The number of aryl methyl sites for hydroxylation is 1. The van der Waals surface area contributed by atoms with Crippen LogP contribution in [-0.4, -0.2) is 64.8 Å². The minimum atomic E-state index is -4.64. The molecule has 0 aromatic heterocycles. The lowest BCUT2D eigenvalue weighted by molar-refractivity contribution is -0.142. The summed E-state index contributed by atoms with van der Waals surface area (Å²) >= 11 is 6.42. The molecule has 304 valence electrons. The Morgan fingerprint density at radius 1 is 0.655 bits per heavy atom. The molecule has 2 bridgehead atoms. The number of amides is 5. The summed E-state index contributed by atoms with van der Waals surface area (Å²) in [6.07, 6.45) is -5.55. The summed E-state index contributed by atoms with van der Waals surface area (Å²) in [6, 6.07) is 20.0. The molecular weight excluding hydrogens is 779 g/mol. The molecule has 16 heteroatoms. The first kappa shape index (κ1) is 42.9. The molecule has 2 aliphatic rings. The summed E-state index contributed by atoms with van der Waals surface area (Å²) < 4.78 is 40.2. The number of carboxylic acids is 1. The van der Waals surface area contributed by atoms with Gasteiger partial charge in [0, 0.05) is 42.8 Å². The van der Waals surface area contributed by atoms with Crippen molar-refractivity contribution in [2.45, 2.75) is 75.3 Å². The second kappa shape index (κ2) is 19.8. The first-order chi connectivity index (χ1) is 27.6. The number of carbonyl (C=O) groups excluding carboxylic acids is 5. The highest BCUT2D eigenvalue weighted by atomic mass is 35.5. The normalized spacial score (nSPS) is 20.1. The van der Waals surface area contributed by atoms with E-state index in [4.69, 9.17) is 11.6 Å². The van der Waals surface area contributed by atoms with Gasteiger partial charge < -0.3 is 31.7 Å². The molecule has 6 rings (SSSR count). The van der Waals surface area contributed by atoms with Gasteiger partial charge in [-0.25, -0.2) is 4.79 Å². The van der Waals surface area contributed by atoms with E-state index in [-0.39, 0.29) is 49.1 Å². The van der Waals surface area contributed by atoms with Gasteiger partial charge in [0.25, 0.3) is 0 Å². The summed E-state index contributed by atoms with van der Waals surface area (Å²) in [5.41, 5.74) is 1.41. The van der Waals surface area contributed by atoms with Crippen molar-refractivity contribution in [3.05, 3.63) is 136 Å². The molecule has 58 heavy (non-hydrogen) atoms.